The number of rotatable bonds is 0. The Morgan fingerprint density at radius 1 is 1.00 bits per heavy atom. The third-order valence-electron chi connectivity index (χ3n) is 0.756. The molecule has 0 radical (unpaired) electrons. The number of hydrogen-bond donors (Lipinski definition) is 1. The molecule has 40 valence electrons. The molecule has 0 heterocycles. The summed E-state index contributed by atoms with van der Waals surface area (Å²) in [6, 6.07) is 9.79. The van der Waals surface area contributed by atoms with Crippen LogP contribution in [0.15, 0.2) is 35.2 Å². The number of thiol groups is 1. The Bertz CT molecular complexity index is 149. The van der Waals surface area contributed by atoms with Gasteiger partial charge in [-0.05, 0) is 12.1 Å². The van der Waals surface area contributed by atoms with Crippen molar-refractivity contribution < 1.29 is 62.0 Å². The Morgan fingerprint density at radius 3 is 1.67 bits per heavy atom. The molecule has 0 nitrogen and oxygen atoms in total. The van der Waals surface area contributed by atoms with Crippen molar-refractivity contribution in [1.29, 1.82) is 0 Å². The van der Waals surface area contributed by atoms with Gasteiger partial charge < -0.3 is 2.85 Å². The maximum atomic E-state index is 4.08. The number of hydrogen-bond acceptors (Lipinski definition) is 1. The maximum absolute atomic E-state index is 4.08. The summed E-state index contributed by atoms with van der Waals surface area (Å²) in [6.45, 7) is 0. The van der Waals surface area contributed by atoms with Crippen molar-refractivity contribution in [3.8, 4) is 0 Å². The van der Waals surface area contributed by atoms with E-state index in [1.807, 2.05) is 30.3 Å². The van der Waals surface area contributed by atoms with Gasteiger partial charge in [-0.2, -0.15) is 0 Å². The van der Waals surface area contributed by atoms with Crippen LogP contribution in [-0.2, 0) is 0 Å². The van der Waals surface area contributed by atoms with Crippen LogP contribution in [0.4, 0.5) is 0 Å². The third-order valence-corrected chi connectivity index (χ3v) is 1.05. The summed E-state index contributed by atoms with van der Waals surface area (Å²) < 4.78 is 0. The zero-order valence-electron chi connectivity index (χ0n) is 7.83. The summed E-state index contributed by atoms with van der Waals surface area (Å²) in [5.74, 6) is 0. The van der Waals surface area contributed by atoms with Crippen molar-refractivity contribution in [2.45, 2.75) is 4.90 Å². The molecule has 0 saturated carbocycles. The molecule has 1 rings (SSSR count). The fourth-order valence-corrected chi connectivity index (χ4v) is 0.600. The van der Waals surface area contributed by atoms with Crippen LogP contribution >= 0.6 is 12.6 Å². The first kappa shape index (κ1) is 13.2. The monoisotopic (exact) mass is 158 g/mol. The zero-order chi connectivity index (χ0) is 5.11. The number of benzene rings is 1. The van der Waals surface area contributed by atoms with Gasteiger partial charge >= 0.3 is 59.1 Å². The summed E-state index contributed by atoms with van der Waals surface area (Å²) in [6.07, 6.45) is 0. The predicted octanol–water partition coefficient (Wildman–Crippen LogP) is -3.79. The first-order valence-corrected chi connectivity index (χ1v) is 2.58. The summed E-state index contributed by atoms with van der Waals surface area (Å²) in [4.78, 5) is 1.02. The van der Waals surface area contributed by atoms with Crippen LogP contribution in [0.1, 0.15) is 2.85 Å². The van der Waals surface area contributed by atoms with Crippen molar-refractivity contribution >= 4 is 12.6 Å². The second-order valence-electron chi connectivity index (χ2n) is 1.34. The van der Waals surface area contributed by atoms with E-state index in [0.717, 1.165) is 4.90 Å². The minimum absolute atomic E-state index is 0. The second kappa shape index (κ2) is 7.67. The standard InChI is InChI=1S/C6H6S.2Na.2H/c7-6-4-2-1-3-5-6;;;;/h1-5,7H;;;;/q;2*+1;2*-1. The van der Waals surface area contributed by atoms with Crippen molar-refractivity contribution in [3.63, 3.8) is 0 Å². The minimum Gasteiger partial charge on any atom is -1.00 e. The molecule has 0 spiro atoms. The maximum Gasteiger partial charge on any atom is 1.00 e. The van der Waals surface area contributed by atoms with Gasteiger partial charge in [0.25, 0.3) is 0 Å². The van der Waals surface area contributed by atoms with E-state index in [4.69, 9.17) is 0 Å². The van der Waals surface area contributed by atoms with E-state index >= 15 is 0 Å². The molecule has 9 heavy (non-hydrogen) atoms. The SMILES string of the molecule is Sc1ccccc1.[H-].[H-].[Na+].[Na+]. The molecule has 0 N–H and O–H groups in total. The van der Waals surface area contributed by atoms with Gasteiger partial charge in [0.1, 0.15) is 0 Å². The van der Waals surface area contributed by atoms with Gasteiger partial charge in [-0.25, -0.2) is 0 Å². The molecule has 0 aliphatic rings. The molecule has 1 aromatic rings. The van der Waals surface area contributed by atoms with E-state index in [2.05, 4.69) is 12.6 Å². The molecule has 1 aromatic carbocycles. The van der Waals surface area contributed by atoms with Crippen LogP contribution in [0, 0.1) is 0 Å². The van der Waals surface area contributed by atoms with Crippen LogP contribution in [0.25, 0.3) is 0 Å². The second-order valence-corrected chi connectivity index (χ2v) is 1.85. The topological polar surface area (TPSA) is 0 Å². The van der Waals surface area contributed by atoms with E-state index in [0.29, 0.717) is 0 Å². The van der Waals surface area contributed by atoms with Crippen LogP contribution in [0.2, 0.25) is 0 Å². The Balaban J connectivity index is -0.0000000612. The largest absolute Gasteiger partial charge is 1.00 e. The van der Waals surface area contributed by atoms with Gasteiger partial charge in [-0.3, -0.25) is 0 Å². The van der Waals surface area contributed by atoms with Crippen molar-refractivity contribution in [2.75, 3.05) is 0 Å². The van der Waals surface area contributed by atoms with Crippen LogP contribution in [0.3, 0.4) is 0 Å². The summed E-state index contributed by atoms with van der Waals surface area (Å²) in [7, 11) is 0. The van der Waals surface area contributed by atoms with Crippen molar-refractivity contribution in [3.05, 3.63) is 30.3 Å². The van der Waals surface area contributed by atoms with E-state index < -0.39 is 0 Å². The van der Waals surface area contributed by atoms with E-state index in [-0.39, 0.29) is 62.0 Å². The Labute approximate surface area is 108 Å². The van der Waals surface area contributed by atoms with Crippen LogP contribution < -0.4 is 59.1 Å². The molecule has 0 amide bonds. The van der Waals surface area contributed by atoms with Crippen molar-refractivity contribution in [1.82, 2.24) is 0 Å². The van der Waals surface area contributed by atoms with Gasteiger partial charge in [-0.15, -0.1) is 12.6 Å². The summed E-state index contributed by atoms with van der Waals surface area (Å²) in [5.41, 5.74) is 0. The van der Waals surface area contributed by atoms with Gasteiger partial charge in [-0.1, -0.05) is 18.2 Å². The van der Waals surface area contributed by atoms with E-state index in [1.54, 1.807) is 0 Å². The predicted molar refractivity (Wildman–Crippen MR) is 35.9 cm³/mol. The van der Waals surface area contributed by atoms with Crippen LogP contribution in [-0.4, -0.2) is 0 Å². The minimum atomic E-state index is 0. The molecule has 0 atom stereocenters. The molecule has 0 bridgehead atoms. The smallest absolute Gasteiger partial charge is 1.00 e. The van der Waals surface area contributed by atoms with Crippen molar-refractivity contribution in [2.24, 2.45) is 0 Å². The van der Waals surface area contributed by atoms with Gasteiger partial charge in [0.2, 0.25) is 0 Å². The van der Waals surface area contributed by atoms with Crippen LogP contribution in [0.5, 0.6) is 0 Å². The molecule has 0 aliphatic heterocycles. The first-order chi connectivity index (χ1) is 3.39. The first-order valence-electron chi connectivity index (χ1n) is 2.13. The fraction of sp³-hybridized carbons (Fsp3) is 0. The van der Waals surface area contributed by atoms with Gasteiger partial charge in [0.15, 0.2) is 0 Å². The molecule has 0 aromatic heterocycles. The van der Waals surface area contributed by atoms with Gasteiger partial charge in [0, 0.05) is 4.90 Å². The average molecular weight is 158 g/mol. The zero-order valence-corrected chi connectivity index (χ0v) is 10.7. The van der Waals surface area contributed by atoms with E-state index in [9.17, 15) is 0 Å². The molecule has 3 heteroatoms. The molecular weight excluding hydrogens is 150 g/mol. The molecular formula is C6H8Na2S. The summed E-state index contributed by atoms with van der Waals surface area (Å²) >= 11 is 4.08. The molecule has 0 saturated heterocycles. The average Bonchev–Trinajstić information content (AvgIpc) is 1.69. The Morgan fingerprint density at radius 2 is 1.44 bits per heavy atom. The fourth-order valence-electron chi connectivity index (χ4n) is 0.428. The Kier molecular flexibility index (Phi) is 11.2. The summed E-state index contributed by atoms with van der Waals surface area (Å²) in [5, 5.41) is 0. The van der Waals surface area contributed by atoms with E-state index in [1.165, 1.54) is 0 Å². The van der Waals surface area contributed by atoms with Gasteiger partial charge in [0.05, 0.1) is 0 Å². The molecule has 0 unspecified atom stereocenters. The Hall–Kier alpha value is 1.57. The quantitative estimate of drug-likeness (QED) is 0.291. The normalized spacial score (nSPS) is 6.78. The molecule has 0 aliphatic carbocycles. The third kappa shape index (κ3) is 5.99. The molecule has 0 fully saturated rings.